The number of nitrogens with zero attached hydrogens (tertiary/aromatic N) is 1. The predicted octanol–water partition coefficient (Wildman–Crippen LogP) is 2.96. The summed E-state index contributed by atoms with van der Waals surface area (Å²) in [5, 5.41) is 2.92. The van der Waals surface area contributed by atoms with Gasteiger partial charge in [-0.2, -0.15) is 0 Å². The van der Waals surface area contributed by atoms with E-state index in [9.17, 15) is 9.59 Å². The number of hydrogen-bond acceptors (Lipinski definition) is 2. The molecule has 116 valence electrons. The molecule has 1 unspecified atom stereocenters. The first-order valence-corrected chi connectivity index (χ1v) is 7.49. The van der Waals surface area contributed by atoms with Crippen molar-refractivity contribution in [2.45, 2.75) is 53.5 Å². The topological polar surface area (TPSA) is 49.4 Å². The van der Waals surface area contributed by atoms with Gasteiger partial charge in [-0.1, -0.05) is 24.6 Å². The van der Waals surface area contributed by atoms with Gasteiger partial charge in [-0.15, -0.1) is 0 Å². The molecule has 0 fully saturated rings. The van der Waals surface area contributed by atoms with Crippen LogP contribution in [0.1, 0.15) is 44.7 Å². The molecule has 0 aliphatic heterocycles. The Morgan fingerprint density at radius 3 is 2.48 bits per heavy atom. The average molecular weight is 290 g/mol. The van der Waals surface area contributed by atoms with Crippen LogP contribution in [0.25, 0.3) is 0 Å². The number of aryl methyl sites for hydroxylation is 2. The standard InChI is InChI=1S/C17H26N2O2/c1-6-14(4)18-17(21)9-10-19(15(5)20)16-8-7-12(2)11-13(16)3/h7-8,11,14H,6,9-10H2,1-5H3,(H,18,21). The molecule has 1 aromatic rings. The molecule has 4 heteroatoms. The van der Waals surface area contributed by atoms with Gasteiger partial charge in [-0.05, 0) is 38.8 Å². The van der Waals surface area contributed by atoms with Gasteiger partial charge >= 0.3 is 0 Å². The third kappa shape index (κ3) is 5.21. The van der Waals surface area contributed by atoms with Crippen LogP contribution in [0.3, 0.4) is 0 Å². The van der Waals surface area contributed by atoms with E-state index >= 15 is 0 Å². The SMILES string of the molecule is CCC(C)NC(=O)CCN(C(C)=O)c1ccc(C)cc1C. The summed E-state index contributed by atoms with van der Waals surface area (Å²) in [4.78, 5) is 25.4. The zero-order chi connectivity index (χ0) is 16.0. The van der Waals surface area contributed by atoms with Crippen molar-refractivity contribution in [3.05, 3.63) is 29.3 Å². The zero-order valence-corrected chi connectivity index (χ0v) is 13.7. The molecular formula is C17H26N2O2. The molecule has 0 bridgehead atoms. The highest BCUT2D eigenvalue weighted by Gasteiger charge is 2.15. The second-order valence-corrected chi connectivity index (χ2v) is 5.59. The Morgan fingerprint density at radius 1 is 1.29 bits per heavy atom. The van der Waals surface area contributed by atoms with Gasteiger partial charge in [0.1, 0.15) is 0 Å². The molecule has 21 heavy (non-hydrogen) atoms. The second kappa shape index (κ2) is 7.81. The number of anilines is 1. The average Bonchev–Trinajstić information content (AvgIpc) is 2.40. The Morgan fingerprint density at radius 2 is 1.95 bits per heavy atom. The molecule has 1 atom stereocenters. The first-order valence-electron chi connectivity index (χ1n) is 7.49. The lowest BCUT2D eigenvalue weighted by molar-refractivity contribution is -0.121. The van der Waals surface area contributed by atoms with E-state index < -0.39 is 0 Å². The summed E-state index contributed by atoms with van der Waals surface area (Å²) in [6.07, 6.45) is 1.22. The van der Waals surface area contributed by atoms with E-state index in [0.29, 0.717) is 13.0 Å². The van der Waals surface area contributed by atoms with Gasteiger partial charge in [0.2, 0.25) is 11.8 Å². The van der Waals surface area contributed by atoms with Crippen molar-refractivity contribution in [1.82, 2.24) is 5.32 Å². The van der Waals surface area contributed by atoms with Crippen molar-refractivity contribution >= 4 is 17.5 Å². The molecule has 0 heterocycles. The van der Waals surface area contributed by atoms with Crippen LogP contribution in [0.5, 0.6) is 0 Å². The van der Waals surface area contributed by atoms with Crippen LogP contribution in [0.2, 0.25) is 0 Å². The highest BCUT2D eigenvalue weighted by molar-refractivity contribution is 5.93. The van der Waals surface area contributed by atoms with Gasteiger partial charge in [0.15, 0.2) is 0 Å². The van der Waals surface area contributed by atoms with Gasteiger partial charge < -0.3 is 10.2 Å². The molecule has 0 saturated heterocycles. The molecule has 1 rings (SSSR count). The largest absolute Gasteiger partial charge is 0.354 e. The summed E-state index contributed by atoms with van der Waals surface area (Å²) in [6.45, 7) is 9.95. The minimum atomic E-state index is -0.0432. The summed E-state index contributed by atoms with van der Waals surface area (Å²) in [5.41, 5.74) is 3.09. The molecule has 0 aromatic heterocycles. The molecule has 1 aromatic carbocycles. The number of rotatable bonds is 6. The van der Waals surface area contributed by atoms with Crippen molar-refractivity contribution in [1.29, 1.82) is 0 Å². The fourth-order valence-corrected chi connectivity index (χ4v) is 2.22. The van der Waals surface area contributed by atoms with Crippen LogP contribution in [0.4, 0.5) is 5.69 Å². The lowest BCUT2D eigenvalue weighted by atomic mass is 10.1. The number of benzene rings is 1. The van der Waals surface area contributed by atoms with Gasteiger partial charge in [0.25, 0.3) is 0 Å². The molecule has 0 radical (unpaired) electrons. The Balaban J connectivity index is 2.75. The lowest BCUT2D eigenvalue weighted by Crippen LogP contribution is -2.37. The molecular weight excluding hydrogens is 264 g/mol. The smallest absolute Gasteiger partial charge is 0.223 e. The molecule has 1 N–H and O–H groups in total. The maximum absolute atomic E-state index is 11.9. The maximum atomic E-state index is 11.9. The normalized spacial score (nSPS) is 11.9. The molecule has 0 aliphatic carbocycles. The van der Waals surface area contributed by atoms with Crippen LogP contribution in [0.15, 0.2) is 18.2 Å². The summed E-state index contributed by atoms with van der Waals surface area (Å²) >= 11 is 0. The Hall–Kier alpha value is -1.84. The van der Waals surface area contributed by atoms with Crippen molar-refractivity contribution < 1.29 is 9.59 Å². The number of nitrogens with one attached hydrogen (secondary N) is 1. The fourth-order valence-electron chi connectivity index (χ4n) is 2.22. The maximum Gasteiger partial charge on any atom is 0.223 e. The predicted molar refractivity (Wildman–Crippen MR) is 86.5 cm³/mol. The highest BCUT2D eigenvalue weighted by atomic mass is 16.2. The minimum absolute atomic E-state index is 0.0136. The van der Waals surface area contributed by atoms with Gasteiger partial charge in [-0.25, -0.2) is 0 Å². The summed E-state index contributed by atoms with van der Waals surface area (Å²) in [7, 11) is 0. The van der Waals surface area contributed by atoms with Gasteiger partial charge in [0.05, 0.1) is 0 Å². The monoisotopic (exact) mass is 290 g/mol. The van der Waals surface area contributed by atoms with E-state index in [0.717, 1.165) is 23.2 Å². The molecule has 0 aliphatic rings. The molecule has 0 spiro atoms. The van der Waals surface area contributed by atoms with Crippen molar-refractivity contribution in [2.75, 3.05) is 11.4 Å². The Labute approximate surface area is 127 Å². The van der Waals surface area contributed by atoms with Crippen molar-refractivity contribution in [3.63, 3.8) is 0 Å². The lowest BCUT2D eigenvalue weighted by Gasteiger charge is -2.23. The third-order valence-electron chi connectivity index (χ3n) is 3.61. The molecule has 0 saturated carbocycles. The Kier molecular flexibility index (Phi) is 6.40. The number of carbonyl (C=O) groups excluding carboxylic acids is 2. The van der Waals surface area contributed by atoms with E-state index in [1.807, 2.05) is 45.9 Å². The van der Waals surface area contributed by atoms with Gasteiger partial charge in [0, 0.05) is 31.6 Å². The van der Waals surface area contributed by atoms with E-state index in [1.54, 1.807) is 4.90 Å². The minimum Gasteiger partial charge on any atom is -0.354 e. The van der Waals surface area contributed by atoms with Crippen LogP contribution < -0.4 is 10.2 Å². The first-order chi connectivity index (χ1) is 9.85. The van der Waals surface area contributed by atoms with Crippen molar-refractivity contribution in [3.8, 4) is 0 Å². The van der Waals surface area contributed by atoms with E-state index in [4.69, 9.17) is 0 Å². The number of carbonyl (C=O) groups is 2. The van der Waals surface area contributed by atoms with Gasteiger partial charge in [-0.3, -0.25) is 9.59 Å². The van der Waals surface area contributed by atoms with Crippen LogP contribution in [-0.4, -0.2) is 24.4 Å². The van der Waals surface area contributed by atoms with E-state index in [1.165, 1.54) is 6.92 Å². The third-order valence-corrected chi connectivity index (χ3v) is 3.61. The van der Waals surface area contributed by atoms with Crippen LogP contribution in [0, 0.1) is 13.8 Å². The fraction of sp³-hybridized carbons (Fsp3) is 0.529. The molecule has 4 nitrogen and oxygen atoms in total. The van der Waals surface area contributed by atoms with Crippen LogP contribution >= 0.6 is 0 Å². The Bertz CT molecular complexity index is 512. The van der Waals surface area contributed by atoms with Crippen molar-refractivity contribution in [2.24, 2.45) is 0 Å². The molecule has 2 amide bonds. The zero-order valence-electron chi connectivity index (χ0n) is 13.7. The first kappa shape index (κ1) is 17.2. The second-order valence-electron chi connectivity index (χ2n) is 5.59. The van der Waals surface area contributed by atoms with Crippen LogP contribution in [-0.2, 0) is 9.59 Å². The highest BCUT2D eigenvalue weighted by Crippen LogP contribution is 2.21. The number of amides is 2. The quantitative estimate of drug-likeness (QED) is 0.875. The van der Waals surface area contributed by atoms with E-state index in [-0.39, 0.29) is 17.9 Å². The number of hydrogen-bond donors (Lipinski definition) is 1. The summed E-state index contributed by atoms with van der Waals surface area (Å²) in [5.74, 6) is -0.0568. The van der Waals surface area contributed by atoms with E-state index in [2.05, 4.69) is 5.32 Å². The summed E-state index contributed by atoms with van der Waals surface area (Å²) in [6, 6.07) is 6.14. The summed E-state index contributed by atoms with van der Waals surface area (Å²) < 4.78 is 0.